The molecule has 3 heterocycles. The number of hydrogen-bond acceptors (Lipinski definition) is 4. The van der Waals surface area contributed by atoms with Crippen molar-refractivity contribution >= 4 is 0 Å². The number of pyridine rings is 2. The van der Waals surface area contributed by atoms with Gasteiger partial charge in [-0.25, -0.2) is 4.39 Å². The average molecular weight is 374 g/mol. The van der Waals surface area contributed by atoms with Crippen molar-refractivity contribution in [1.82, 2.24) is 19.7 Å². The molecule has 0 aliphatic carbocycles. The van der Waals surface area contributed by atoms with Crippen LogP contribution in [-0.2, 0) is 6.54 Å². The lowest BCUT2D eigenvalue weighted by atomic mass is 10.0. The van der Waals surface area contributed by atoms with Crippen LogP contribution in [0.5, 0.6) is 0 Å². The molecule has 4 aromatic rings. The molecule has 0 saturated carbocycles. The van der Waals surface area contributed by atoms with Crippen molar-refractivity contribution < 1.29 is 9.50 Å². The van der Waals surface area contributed by atoms with Gasteiger partial charge < -0.3 is 5.11 Å². The molecule has 0 saturated heterocycles. The van der Waals surface area contributed by atoms with Crippen molar-refractivity contribution in [3.63, 3.8) is 0 Å². The van der Waals surface area contributed by atoms with Crippen molar-refractivity contribution in [2.24, 2.45) is 0 Å². The number of nitrogens with zero attached hydrogens (tertiary/aromatic N) is 4. The van der Waals surface area contributed by atoms with Crippen LogP contribution in [0.1, 0.15) is 6.42 Å². The van der Waals surface area contributed by atoms with E-state index >= 15 is 0 Å². The Hall–Kier alpha value is -3.38. The smallest absolute Gasteiger partial charge is 0.132 e. The Labute approximate surface area is 162 Å². The number of hydrogen-bond donors (Lipinski definition) is 1. The van der Waals surface area contributed by atoms with Gasteiger partial charge in [-0.1, -0.05) is 12.1 Å². The summed E-state index contributed by atoms with van der Waals surface area (Å²) in [5.41, 5.74) is 4.78. The highest BCUT2D eigenvalue weighted by molar-refractivity contribution is 5.74. The Morgan fingerprint density at radius 2 is 1.75 bits per heavy atom. The molecule has 0 aliphatic rings. The predicted molar refractivity (Wildman–Crippen MR) is 106 cm³/mol. The maximum atomic E-state index is 14.1. The lowest BCUT2D eigenvalue weighted by molar-refractivity contribution is 0.277. The molecule has 3 aromatic heterocycles. The molecule has 6 heteroatoms. The summed E-state index contributed by atoms with van der Waals surface area (Å²) in [5.74, 6) is -0.297. The first-order chi connectivity index (χ1) is 13.7. The van der Waals surface area contributed by atoms with Gasteiger partial charge in [-0.05, 0) is 42.3 Å². The largest absolute Gasteiger partial charge is 0.396 e. The minimum atomic E-state index is -0.297. The lowest BCUT2D eigenvalue weighted by Gasteiger charge is -2.07. The van der Waals surface area contributed by atoms with E-state index < -0.39 is 0 Å². The SMILES string of the molecule is OCCCn1cc(-c2cncc(-c3ccnc(-c4ccccc4F)c3)c2)cn1. The molecule has 0 atom stereocenters. The lowest BCUT2D eigenvalue weighted by Crippen LogP contribution is -1.99. The fourth-order valence-corrected chi connectivity index (χ4v) is 3.05. The van der Waals surface area contributed by atoms with Crippen LogP contribution in [0.2, 0.25) is 0 Å². The number of halogens is 1. The van der Waals surface area contributed by atoms with E-state index in [4.69, 9.17) is 5.11 Å². The predicted octanol–water partition coefficient (Wildman–Crippen LogP) is 4.20. The zero-order valence-corrected chi connectivity index (χ0v) is 15.2. The molecule has 0 fully saturated rings. The summed E-state index contributed by atoms with van der Waals surface area (Å²) >= 11 is 0. The molecule has 0 unspecified atom stereocenters. The topological polar surface area (TPSA) is 63.8 Å². The van der Waals surface area contributed by atoms with Gasteiger partial charge in [-0.2, -0.15) is 5.10 Å². The summed E-state index contributed by atoms with van der Waals surface area (Å²) in [6.45, 7) is 0.804. The first kappa shape index (κ1) is 18.0. The van der Waals surface area contributed by atoms with Crippen LogP contribution in [0.3, 0.4) is 0 Å². The van der Waals surface area contributed by atoms with Gasteiger partial charge in [0.1, 0.15) is 5.82 Å². The minimum absolute atomic E-state index is 0.138. The molecule has 28 heavy (non-hydrogen) atoms. The Bertz CT molecular complexity index is 1090. The van der Waals surface area contributed by atoms with E-state index in [1.165, 1.54) is 6.07 Å². The van der Waals surface area contributed by atoms with Gasteiger partial charge >= 0.3 is 0 Å². The molecule has 0 amide bonds. The third-order valence-corrected chi connectivity index (χ3v) is 4.49. The van der Waals surface area contributed by atoms with Crippen molar-refractivity contribution in [3.05, 3.63) is 79.3 Å². The van der Waals surface area contributed by atoms with Crippen molar-refractivity contribution in [1.29, 1.82) is 0 Å². The van der Waals surface area contributed by atoms with Gasteiger partial charge in [-0.15, -0.1) is 0 Å². The Balaban J connectivity index is 1.66. The Morgan fingerprint density at radius 3 is 2.57 bits per heavy atom. The molecule has 1 aromatic carbocycles. The monoisotopic (exact) mass is 374 g/mol. The molecular formula is C22H19FN4O. The highest BCUT2D eigenvalue weighted by Crippen LogP contribution is 2.28. The van der Waals surface area contributed by atoms with Gasteiger partial charge in [0.2, 0.25) is 0 Å². The Morgan fingerprint density at radius 1 is 0.929 bits per heavy atom. The molecule has 140 valence electrons. The van der Waals surface area contributed by atoms with Gasteiger partial charge in [0.05, 0.1) is 11.9 Å². The fraction of sp³-hybridized carbons (Fsp3) is 0.136. The van der Waals surface area contributed by atoms with Crippen LogP contribution in [0.15, 0.2) is 73.4 Å². The van der Waals surface area contributed by atoms with E-state index in [1.54, 1.807) is 47.7 Å². The average Bonchev–Trinajstić information content (AvgIpc) is 3.22. The highest BCUT2D eigenvalue weighted by atomic mass is 19.1. The van der Waals surface area contributed by atoms with E-state index in [-0.39, 0.29) is 12.4 Å². The molecule has 4 rings (SSSR count). The van der Waals surface area contributed by atoms with E-state index in [0.717, 1.165) is 22.3 Å². The number of benzene rings is 1. The second-order valence-corrected chi connectivity index (χ2v) is 6.44. The highest BCUT2D eigenvalue weighted by Gasteiger charge is 2.09. The summed E-state index contributed by atoms with van der Waals surface area (Å²) < 4.78 is 15.9. The van der Waals surface area contributed by atoms with E-state index in [1.807, 2.05) is 24.4 Å². The quantitative estimate of drug-likeness (QED) is 0.549. The van der Waals surface area contributed by atoms with Crippen LogP contribution < -0.4 is 0 Å². The zero-order valence-electron chi connectivity index (χ0n) is 15.2. The van der Waals surface area contributed by atoms with E-state index in [9.17, 15) is 4.39 Å². The first-order valence-corrected chi connectivity index (χ1v) is 9.04. The van der Waals surface area contributed by atoms with Crippen LogP contribution in [-0.4, -0.2) is 31.5 Å². The third kappa shape index (κ3) is 3.82. The summed E-state index contributed by atoms with van der Waals surface area (Å²) in [6.07, 6.45) is 9.63. The molecule has 0 bridgehead atoms. The van der Waals surface area contributed by atoms with Crippen LogP contribution in [0.25, 0.3) is 33.5 Å². The Kier molecular flexibility index (Phi) is 5.21. The maximum Gasteiger partial charge on any atom is 0.132 e. The molecule has 5 nitrogen and oxygen atoms in total. The van der Waals surface area contributed by atoms with Crippen molar-refractivity contribution in [2.75, 3.05) is 6.61 Å². The summed E-state index contributed by atoms with van der Waals surface area (Å²) in [4.78, 5) is 8.67. The minimum Gasteiger partial charge on any atom is -0.396 e. The van der Waals surface area contributed by atoms with Crippen molar-refractivity contribution in [3.8, 4) is 33.5 Å². The third-order valence-electron chi connectivity index (χ3n) is 4.49. The normalized spacial score (nSPS) is 10.9. The van der Waals surface area contributed by atoms with E-state index in [0.29, 0.717) is 24.2 Å². The molecular weight excluding hydrogens is 355 g/mol. The fourth-order valence-electron chi connectivity index (χ4n) is 3.05. The van der Waals surface area contributed by atoms with Gasteiger partial charge in [0.15, 0.2) is 0 Å². The number of aromatic nitrogens is 4. The number of aliphatic hydroxyl groups excluding tert-OH is 1. The van der Waals surface area contributed by atoms with Gasteiger partial charge in [0.25, 0.3) is 0 Å². The molecule has 1 N–H and O–H groups in total. The van der Waals surface area contributed by atoms with Crippen LogP contribution in [0, 0.1) is 5.82 Å². The van der Waals surface area contributed by atoms with Crippen LogP contribution in [0.4, 0.5) is 4.39 Å². The second-order valence-electron chi connectivity index (χ2n) is 6.44. The number of aliphatic hydroxyl groups is 1. The molecule has 0 aliphatic heterocycles. The zero-order chi connectivity index (χ0) is 19.3. The van der Waals surface area contributed by atoms with Gasteiger partial charge in [-0.3, -0.25) is 14.6 Å². The summed E-state index contributed by atoms with van der Waals surface area (Å²) in [6, 6.07) is 12.4. The molecule has 0 spiro atoms. The molecule has 0 radical (unpaired) electrons. The maximum absolute atomic E-state index is 14.1. The first-order valence-electron chi connectivity index (χ1n) is 9.04. The number of aryl methyl sites for hydroxylation is 1. The van der Waals surface area contributed by atoms with Gasteiger partial charge in [0, 0.05) is 60.2 Å². The van der Waals surface area contributed by atoms with Crippen molar-refractivity contribution in [2.45, 2.75) is 13.0 Å². The summed E-state index contributed by atoms with van der Waals surface area (Å²) in [7, 11) is 0. The van der Waals surface area contributed by atoms with Crippen LogP contribution >= 0.6 is 0 Å². The van der Waals surface area contributed by atoms with E-state index in [2.05, 4.69) is 15.1 Å². The second kappa shape index (κ2) is 8.10. The standard InChI is InChI=1S/C22H19FN4O/c23-21-5-2-1-4-20(21)22-11-16(6-7-25-22)17-10-18(13-24-12-17)19-14-26-27(15-19)8-3-9-28/h1-2,4-7,10-15,28H,3,8-9H2. The number of rotatable bonds is 6. The summed E-state index contributed by atoms with van der Waals surface area (Å²) in [5, 5.41) is 13.3.